The first kappa shape index (κ1) is 16.5. The van der Waals surface area contributed by atoms with Crippen LogP contribution < -0.4 is 5.32 Å². The number of alkyl halides is 3. The number of aryl methyl sites for hydroxylation is 1. The molecular weight excluding hydrogens is 313 g/mol. The fraction of sp³-hybridized carbons (Fsp3) is 0.133. The lowest BCUT2D eigenvalue weighted by molar-refractivity contribution is -0.387. The van der Waals surface area contributed by atoms with Crippen LogP contribution in [0.25, 0.3) is 0 Å². The number of nitro benzene ring substituents is 1. The highest BCUT2D eigenvalue weighted by Crippen LogP contribution is 2.42. The Morgan fingerprint density at radius 3 is 2.26 bits per heavy atom. The van der Waals surface area contributed by atoms with Gasteiger partial charge in [0.15, 0.2) is 0 Å². The quantitative estimate of drug-likeness (QED) is 0.680. The van der Waals surface area contributed by atoms with Crippen molar-refractivity contribution in [3.05, 3.63) is 69.3 Å². The lowest BCUT2D eigenvalue weighted by Crippen LogP contribution is -2.17. The van der Waals surface area contributed by atoms with Crippen molar-refractivity contribution < 1.29 is 22.9 Å². The van der Waals surface area contributed by atoms with E-state index in [2.05, 4.69) is 5.32 Å². The normalized spacial score (nSPS) is 11.1. The number of rotatable bonds is 3. The van der Waals surface area contributed by atoms with Crippen molar-refractivity contribution in [1.82, 2.24) is 0 Å². The van der Waals surface area contributed by atoms with Gasteiger partial charge in [-0.1, -0.05) is 24.3 Å². The second-order valence-corrected chi connectivity index (χ2v) is 4.73. The topological polar surface area (TPSA) is 72.2 Å². The van der Waals surface area contributed by atoms with Crippen LogP contribution in [0.4, 0.5) is 24.5 Å². The number of hydrogen-bond donors (Lipinski definition) is 1. The van der Waals surface area contributed by atoms with Crippen LogP contribution >= 0.6 is 0 Å². The van der Waals surface area contributed by atoms with Crippen LogP contribution in [-0.2, 0) is 6.18 Å². The summed E-state index contributed by atoms with van der Waals surface area (Å²) in [5.74, 6) is -0.731. The maximum atomic E-state index is 13.1. The highest BCUT2D eigenvalue weighted by molar-refractivity contribution is 6.05. The predicted octanol–water partition coefficient (Wildman–Crippen LogP) is 4.17. The molecule has 2 aromatic rings. The van der Waals surface area contributed by atoms with Gasteiger partial charge in [0.25, 0.3) is 5.91 Å². The molecule has 8 heteroatoms. The van der Waals surface area contributed by atoms with Gasteiger partial charge in [0.2, 0.25) is 0 Å². The van der Waals surface area contributed by atoms with Crippen molar-refractivity contribution in [2.24, 2.45) is 0 Å². The van der Waals surface area contributed by atoms with Crippen LogP contribution in [-0.4, -0.2) is 10.8 Å². The molecule has 0 heterocycles. The number of hydrogen-bond acceptors (Lipinski definition) is 3. The van der Waals surface area contributed by atoms with Gasteiger partial charge in [-0.3, -0.25) is 14.9 Å². The molecule has 5 nitrogen and oxygen atoms in total. The van der Waals surface area contributed by atoms with Crippen LogP contribution in [0, 0.1) is 17.0 Å². The minimum absolute atomic E-state index is 0.177. The molecule has 2 rings (SSSR count). The fourth-order valence-electron chi connectivity index (χ4n) is 2.12. The van der Waals surface area contributed by atoms with Crippen molar-refractivity contribution in [3.8, 4) is 0 Å². The molecule has 0 aliphatic rings. The summed E-state index contributed by atoms with van der Waals surface area (Å²) in [7, 11) is 0. The van der Waals surface area contributed by atoms with Crippen molar-refractivity contribution in [1.29, 1.82) is 0 Å². The summed E-state index contributed by atoms with van der Waals surface area (Å²) in [6.07, 6.45) is -4.90. The van der Waals surface area contributed by atoms with Crippen LogP contribution in [0.1, 0.15) is 21.5 Å². The molecule has 1 amide bonds. The van der Waals surface area contributed by atoms with E-state index < -0.39 is 33.9 Å². The summed E-state index contributed by atoms with van der Waals surface area (Å²) in [6, 6.07) is 9.85. The molecule has 0 saturated heterocycles. The second kappa shape index (κ2) is 6.07. The molecule has 0 aliphatic heterocycles. The smallest absolute Gasteiger partial charge is 0.316 e. The highest BCUT2D eigenvalue weighted by Gasteiger charge is 2.41. The van der Waals surface area contributed by atoms with Crippen molar-refractivity contribution in [2.75, 3.05) is 5.32 Å². The molecule has 0 atom stereocenters. The Kier molecular flexibility index (Phi) is 4.35. The second-order valence-electron chi connectivity index (χ2n) is 4.73. The number of benzene rings is 2. The van der Waals surface area contributed by atoms with Gasteiger partial charge in [-0.25, -0.2) is 0 Å². The number of carbonyl (C=O) groups excluding carboxylic acids is 1. The SMILES string of the molecule is Cc1ccc(NC(=O)c2ccccc2)c([N+](=O)[O-])c1C(F)(F)F. The van der Waals surface area contributed by atoms with Crippen molar-refractivity contribution in [2.45, 2.75) is 13.1 Å². The Hall–Kier alpha value is -2.90. The Morgan fingerprint density at radius 1 is 1.13 bits per heavy atom. The molecule has 0 radical (unpaired) electrons. The lowest BCUT2D eigenvalue weighted by atomic mass is 10.0. The van der Waals surface area contributed by atoms with Gasteiger partial charge in [-0.05, 0) is 30.7 Å². The van der Waals surface area contributed by atoms with E-state index in [1.807, 2.05) is 0 Å². The number of amides is 1. The summed E-state index contributed by atoms with van der Waals surface area (Å²) in [5.41, 5.74) is -3.14. The van der Waals surface area contributed by atoms with E-state index in [1.165, 1.54) is 12.1 Å². The van der Waals surface area contributed by atoms with Crippen LogP contribution in [0.15, 0.2) is 42.5 Å². The first-order valence-corrected chi connectivity index (χ1v) is 6.43. The molecule has 120 valence electrons. The Balaban J connectivity index is 2.51. The third-order valence-electron chi connectivity index (χ3n) is 3.14. The van der Waals surface area contributed by atoms with Gasteiger partial charge in [0.05, 0.1) is 4.92 Å². The first-order chi connectivity index (χ1) is 10.7. The van der Waals surface area contributed by atoms with Gasteiger partial charge in [0.1, 0.15) is 11.3 Å². The Bertz CT molecular complexity index is 759. The van der Waals surface area contributed by atoms with E-state index in [1.54, 1.807) is 18.2 Å². The number of halogens is 3. The lowest BCUT2D eigenvalue weighted by Gasteiger charge is -2.14. The number of carbonyl (C=O) groups is 1. The molecule has 0 aromatic heterocycles. The molecule has 23 heavy (non-hydrogen) atoms. The molecule has 2 aromatic carbocycles. The number of nitrogens with one attached hydrogen (secondary N) is 1. The molecule has 0 unspecified atom stereocenters. The zero-order chi connectivity index (χ0) is 17.2. The molecule has 1 N–H and O–H groups in total. The summed E-state index contributed by atoms with van der Waals surface area (Å²) >= 11 is 0. The minimum Gasteiger partial charge on any atom is -0.316 e. The number of nitro groups is 1. The molecule has 0 bridgehead atoms. The van der Waals surface area contributed by atoms with Gasteiger partial charge < -0.3 is 5.32 Å². The standard InChI is InChI=1S/C15H11F3N2O3/c1-9-7-8-11(13(20(22)23)12(9)15(16,17)18)19-14(21)10-5-3-2-4-6-10/h2-8H,1H3,(H,19,21). The van der Waals surface area contributed by atoms with Gasteiger partial charge in [-0.2, -0.15) is 13.2 Å². The third-order valence-corrected chi connectivity index (χ3v) is 3.14. The molecular formula is C15H11F3N2O3. The van der Waals surface area contributed by atoms with E-state index >= 15 is 0 Å². The highest BCUT2D eigenvalue weighted by atomic mass is 19.4. The minimum atomic E-state index is -4.90. The average molecular weight is 324 g/mol. The van der Waals surface area contributed by atoms with Crippen molar-refractivity contribution >= 4 is 17.3 Å². The number of anilines is 1. The van der Waals surface area contributed by atoms with E-state index in [0.29, 0.717) is 0 Å². The monoisotopic (exact) mass is 324 g/mol. The third kappa shape index (κ3) is 3.47. The molecule has 0 aliphatic carbocycles. The van der Waals surface area contributed by atoms with Crippen molar-refractivity contribution in [3.63, 3.8) is 0 Å². The largest absolute Gasteiger partial charge is 0.423 e. The van der Waals surface area contributed by atoms with E-state index in [-0.39, 0.29) is 11.1 Å². The first-order valence-electron chi connectivity index (χ1n) is 6.43. The van der Waals surface area contributed by atoms with Crippen LogP contribution in [0.5, 0.6) is 0 Å². The Labute approximate surface area is 128 Å². The number of nitrogens with zero attached hydrogens (tertiary/aromatic N) is 1. The molecule has 0 spiro atoms. The summed E-state index contributed by atoms with van der Waals surface area (Å²) in [4.78, 5) is 22.0. The van der Waals surface area contributed by atoms with E-state index in [9.17, 15) is 28.1 Å². The van der Waals surface area contributed by atoms with Crippen LogP contribution in [0.2, 0.25) is 0 Å². The zero-order valence-electron chi connectivity index (χ0n) is 11.8. The molecule has 0 fully saturated rings. The predicted molar refractivity (Wildman–Crippen MR) is 77.2 cm³/mol. The Morgan fingerprint density at radius 2 is 1.74 bits per heavy atom. The fourth-order valence-corrected chi connectivity index (χ4v) is 2.12. The summed E-state index contributed by atoms with van der Waals surface area (Å²) in [6.45, 7) is 1.12. The molecule has 0 saturated carbocycles. The van der Waals surface area contributed by atoms with E-state index in [4.69, 9.17) is 0 Å². The summed E-state index contributed by atoms with van der Waals surface area (Å²) < 4.78 is 39.3. The van der Waals surface area contributed by atoms with Gasteiger partial charge in [0, 0.05) is 5.56 Å². The maximum Gasteiger partial charge on any atom is 0.423 e. The van der Waals surface area contributed by atoms with Crippen LogP contribution in [0.3, 0.4) is 0 Å². The van der Waals surface area contributed by atoms with Gasteiger partial charge >= 0.3 is 11.9 Å². The van der Waals surface area contributed by atoms with E-state index in [0.717, 1.165) is 19.1 Å². The zero-order valence-corrected chi connectivity index (χ0v) is 11.8. The summed E-state index contributed by atoms with van der Waals surface area (Å²) in [5, 5.41) is 13.3. The van der Waals surface area contributed by atoms with Gasteiger partial charge in [-0.15, -0.1) is 0 Å². The maximum absolute atomic E-state index is 13.1. The average Bonchev–Trinajstić information content (AvgIpc) is 2.48.